The van der Waals surface area contributed by atoms with E-state index in [1.165, 1.54) is 17.2 Å². The topological polar surface area (TPSA) is 61.4 Å². The van der Waals surface area contributed by atoms with Gasteiger partial charge in [0, 0.05) is 24.5 Å². The molecule has 1 saturated heterocycles. The second-order valence-electron chi connectivity index (χ2n) is 6.59. The molecule has 0 saturated carbocycles. The molecule has 2 aromatic rings. The zero-order valence-electron chi connectivity index (χ0n) is 13.1. The summed E-state index contributed by atoms with van der Waals surface area (Å²) < 4.78 is 13.8. The largest absolute Gasteiger partial charge is 0.465 e. The van der Waals surface area contributed by atoms with E-state index in [4.69, 9.17) is 5.11 Å². The molecule has 4 rings (SSSR count). The number of carboxylic acid groups (broad SMARTS) is 1. The van der Waals surface area contributed by atoms with Gasteiger partial charge in [0.1, 0.15) is 5.82 Å². The van der Waals surface area contributed by atoms with Gasteiger partial charge in [0.2, 0.25) is 0 Å². The molecule has 24 heavy (non-hydrogen) atoms. The number of amides is 1. The molecular formula is C19H19FN2O2. The highest BCUT2D eigenvalue weighted by Gasteiger charge is 2.39. The highest BCUT2D eigenvalue weighted by Crippen LogP contribution is 2.45. The van der Waals surface area contributed by atoms with Gasteiger partial charge in [-0.25, -0.2) is 9.18 Å². The van der Waals surface area contributed by atoms with E-state index in [0.717, 1.165) is 24.0 Å². The minimum absolute atomic E-state index is 0.0138. The smallest absolute Gasteiger partial charge is 0.404 e. The summed E-state index contributed by atoms with van der Waals surface area (Å²) in [6.45, 7) is 0.356. The lowest BCUT2D eigenvalue weighted by molar-refractivity contribution is 0.193. The zero-order valence-corrected chi connectivity index (χ0v) is 13.1. The van der Waals surface area contributed by atoms with Crippen molar-refractivity contribution in [2.75, 3.05) is 6.54 Å². The molecule has 124 valence electrons. The van der Waals surface area contributed by atoms with Crippen molar-refractivity contribution in [3.05, 3.63) is 70.5 Å². The molecule has 4 nitrogen and oxygen atoms in total. The van der Waals surface area contributed by atoms with Gasteiger partial charge in [-0.1, -0.05) is 30.3 Å². The summed E-state index contributed by atoms with van der Waals surface area (Å²) in [4.78, 5) is 10.8. The van der Waals surface area contributed by atoms with Crippen LogP contribution in [0.25, 0.3) is 0 Å². The normalized spacial score (nSPS) is 24.5. The van der Waals surface area contributed by atoms with Gasteiger partial charge in [0.25, 0.3) is 0 Å². The Morgan fingerprint density at radius 2 is 2.00 bits per heavy atom. The second-order valence-corrected chi connectivity index (χ2v) is 6.59. The van der Waals surface area contributed by atoms with Crippen molar-refractivity contribution in [2.45, 2.75) is 30.8 Å². The molecule has 1 fully saturated rings. The summed E-state index contributed by atoms with van der Waals surface area (Å²) in [7, 11) is 0. The summed E-state index contributed by atoms with van der Waals surface area (Å²) in [6.07, 6.45) is 0.618. The third kappa shape index (κ3) is 2.65. The van der Waals surface area contributed by atoms with Crippen LogP contribution in [-0.4, -0.2) is 23.8 Å². The van der Waals surface area contributed by atoms with Gasteiger partial charge in [-0.3, -0.25) is 0 Å². The van der Waals surface area contributed by atoms with Crippen LogP contribution in [0.2, 0.25) is 0 Å². The van der Waals surface area contributed by atoms with E-state index in [1.807, 2.05) is 18.2 Å². The molecule has 3 N–H and O–H groups in total. The summed E-state index contributed by atoms with van der Waals surface area (Å²) in [5.41, 5.74) is 4.68. The summed E-state index contributed by atoms with van der Waals surface area (Å²) in [6, 6.07) is 13.4. The Balaban J connectivity index is 1.74. The lowest BCUT2D eigenvalue weighted by Crippen LogP contribution is -2.37. The third-order valence-electron chi connectivity index (χ3n) is 5.13. The molecule has 3 atom stereocenters. The fourth-order valence-electron chi connectivity index (χ4n) is 4.12. The zero-order chi connectivity index (χ0) is 16.7. The average Bonchev–Trinajstić information content (AvgIpc) is 2.94. The first-order chi connectivity index (χ1) is 11.6. The van der Waals surface area contributed by atoms with Crippen LogP contribution in [0.3, 0.4) is 0 Å². The van der Waals surface area contributed by atoms with Crippen molar-refractivity contribution in [1.82, 2.24) is 10.6 Å². The molecular weight excluding hydrogens is 307 g/mol. The number of fused-ring (bicyclic) bond motifs is 5. The molecule has 0 bridgehead atoms. The molecule has 1 aliphatic carbocycles. The molecule has 2 aliphatic rings. The Labute approximate surface area is 139 Å². The number of nitrogens with one attached hydrogen (secondary N) is 2. The lowest BCUT2D eigenvalue weighted by atomic mass is 9.87. The number of carbonyl (C=O) groups is 1. The van der Waals surface area contributed by atoms with Crippen LogP contribution in [0.5, 0.6) is 0 Å². The Hall–Kier alpha value is -2.40. The monoisotopic (exact) mass is 326 g/mol. The standard InChI is InChI=1S/C19H19FN2O2/c20-13-6-5-12-7-11-3-1-2-4-15(11)17-9-14(10-21-19(23)24)22-18(17)16(12)8-13/h1-6,8,14,17-18,21-22H,7,9-10H2,(H,23,24)/t14-,17+,18+/m0/s1. The van der Waals surface area contributed by atoms with Crippen LogP contribution >= 0.6 is 0 Å². The number of rotatable bonds is 2. The molecule has 1 amide bonds. The quantitative estimate of drug-likeness (QED) is 0.794. The molecule has 1 aliphatic heterocycles. The molecule has 0 radical (unpaired) electrons. The Morgan fingerprint density at radius 3 is 2.83 bits per heavy atom. The van der Waals surface area contributed by atoms with Crippen LogP contribution in [0.15, 0.2) is 42.5 Å². The third-order valence-corrected chi connectivity index (χ3v) is 5.13. The number of hydrogen-bond donors (Lipinski definition) is 3. The van der Waals surface area contributed by atoms with Crippen molar-refractivity contribution in [1.29, 1.82) is 0 Å². The van der Waals surface area contributed by atoms with Crippen molar-refractivity contribution >= 4 is 6.09 Å². The fraction of sp³-hybridized carbons (Fsp3) is 0.316. The lowest BCUT2D eigenvalue weighted by Gasteiger charge is -2.20. The minimum Gasteiger partial charge on any atom is -0.465 e. The molecule has 0 unspecified atom stereocenters. The van der Waals surface area contributed by atoms with E-state index in [9.17, 15) is 9.18 Å². The van der Waals surface area contributed by atoms with E-state index in [1.54, 1.807) is 6.07 Å². The minimum atomic E-state index is -1.02. The first-order valence-corrected chi connectivity index (χ1v) is 8.21. The van der Waals surface area contributed by atoms with E-state index in [-0.39, 0.29) is 23.8 Å². The highest BCUT2D eigenvalue weighted by atomic mass is 19.1. The Kier molecular flexibility index (Phi) is 3.73. The molecule has 1 heterocycles. The van der Waals surface area contributed by atoms with Crippen molar-refractivity contribution in [3.63, 3.8) is 0 Å². The van der Waals surface area contributed by atoms with Gasteiger partial charge in [-0.15, -0.1) is 0 Å². The van der Waals surface area contributed by atoms with E-state index in [2.05, 4.69) is 22.8 Å². The fourth-order valence-corrected chi connectivity index (χ4v) is 4.12. The van der Waals surface area contributed by atoms with Crippen LogP contribution in [0, 0.1) is 5.82 Å². The van der Waals surface area contributed by atoms with Gasteiger partial charge in [-0.2, -0.15) is 0 Å². The van der Waals surface area contributed by atoms with Gasteiger partial charge in [-0.05, 0) is 47.2 Å². The first kappa shape index (κ1) is 15.1. The number of benzene rings is 2. The maximum absolute atomic E-state index is 13.8. The van der Waals surface area contributed by atoms with Crippen molar-refractivity contribution in [2.24, 2.45) is 0 Å². The van der Waals surface area contributed by atoms with Gasteiger partial charge in [0.05, 0.1) is 0 Å². The highest BCUT2D eigenvalue weighted by molar-refractivity contribution is 5.64. The van der Waals surface area contributed by atoms with Crippen LogP contribution in [-0.2, 0) is 6.42 Å². The van der Waals surface area contributed by atoms with Crippen LogP contribution < -0.4 is 10.6 Å². The van der Waals surface area contributed by atoms with E-state index >= 15 is 0 Å². The maximum Gasteiger partial charge on any atom is 0.404 e. The Morgan fingerprint density at radius 1 is 1.21 bits per heavy atom. The predicted octanol–water partition coefficient (Wildman–Crippen LogP) is 3.18. The average molecular weight is 326 g/mol. The van der Waals surface area contributed by atoms with E-state index < -0.39 is 6.09 Å². The molecule has 0 aromatic heterocycles. The van der Waals surface area contributed by atoms with Crippen LogP contribution in [0.1, 0.15) is 40.6 Å². The van der Waals surface area contributed by atoms with Crippen molar-refractivity contribution in [3.8, 4) is 0 Å². The summed E-state index contributed by atoms with van der Waals surface area (Å²) in [5.74, 6) is -0.00258. The maximum atomic E-state index is 13.8. The van der Waals surface area contributed by atoms with Gasteiger partial charge in [0.15, 0.2) is 0 Å². The second kappa shape index (κ2) is 5.91. The predicted molar refractivity (Wildman–Crippen MR) is 88.7 cm³/mol. The van der Waals surface area contributed by atoms with E-state index in [0.29, 0.717) is 6.54 Å². The SMILES string of the molecule is O=C(O)NC[C@@H]1C[C@@H]2c3ccccc3Cc3ccc(F)cc3[C@H]2N1. The number of hydrogen-bond acceptors (Lipinski definition) is 2. The van der Waals surface area contributed by atoms with Gasteiger partial charge >= 0.3 is 6.09 Å². The molecule has 2 aromatic carbocycles. The Bertz CT molecular complexity index is 793. The first-order valence-electron chi connectivity index (χ1n) is 8.21. The van der Waals surface area contributed by atoms with Gasteiger partial charge < -0.3 is 15.7 Å². The summed E-state index contributed by atoms with van der Waals surface area (Å²) >= 11 is 0. The number of halogens is 1. The molecule has 0 spiro atoms. The summed E-state index contributed by atoms with van der Waals surface area (Å²) in [5, 5.41) is 14.8. The van der Waals surface area contributed by atoms with Crippen LogP contribution in [0.4, 0.5) is 9.18 Å². The van der Waals surface area contributed by atoms with Crippen molar-refractivity contribution < 1.29 is 14.3 Å². The molecule has 5 heteroatoms.